The SMILES string of the molecule is CC(=O)O[C@@H]([C@H]1CCC2=C(CC3[C@H](CCC4C(C)CC[C@H](O)C4(C)C)CCC[C@]23C)O1)C(C)(C)O. The second kappa shape index (κ2) is 9.67. The van der Waals surface area contributed by atoms with Crippen LogP contribution in [0.3, 0.4) is 0 Å². The Morgan fingerprint density at radius 1 is 1.17 bits per heavy atom. The van der Waals surface area contributed by atoms with Gasteiger partial charge in [0.15, 0.2) is 6.10 Å². The van der Waals surface area contributed by atoms with Gasteiger partial charge in [-0.25, -0.2) is 0 Å². The highest BCUT2D eigenvalue weighted by Crippen LogP contribution is 2.61. The summed E-state index contributed by atoms with van der Waals surface area (Å²) in [5.74, 6) is 3.26. The fraction of sp³-hybridized carbons (Fsp3) is 0.900. The van der Waals surface area contributed by atoms with Crippen LogP contribution in [-0.4, -0.2) is 40.1 Å². The van der Waals surface area contributed by atoms with Gasteiger partial charge in [0.05, 0.1) is 17.5 Å². The van der Waals surface area contributed by atoms with Crippen molar-refractivity contribution in [2.45, 2.75) is 137 Å². The Morgan fingerprint density at radius 3 is 2.54 bits per heavy atom. The van der Waals surface area contributed by atoms with Crippen molar-refractivity contribution in [2.75, 3.05) is 0 Å². The Bertz CT molecular complexity index is 823. The molecule has 2 saturated carbocycles. The number of hydrogen-bond donors (Lipinski definition) is 2. The Kier molecular flexibility index (Phi) is 7.45. The van der Waals surface area contributed by atoms with E-state index in [4.69, 9.17) is 9.47 Å². The van der Waals surface area contributed by atoms with Gasteiger partial charge in [-0.1, -0.05) is 40.5 Å². The molecule has 2 N–H and O–H groups in total. The average molecular weight is 491 g/mol. The van der Waals surface area contributed by atoms with Crippen LogP contribution < -0.4 is 0 Å². The summed E-state index contributed by atoms with van der Waals surface area (Å²) in [6.07, 6.45) is 9.84. The van der Waals surface area contributed by atoms with Crippen molar-refractivity contribution in [3.8, 4) is 0 Å². The molecule has 0 saturated heterocycles. The maximum absolute atomic E-state index is 11.7. The Labute approximate surface area is 213 Å². The highest BCUT2D eigenvalue weighted by Gasteiger charge is 2.53. The molecule has 0 aromatic heterocycles. The minimum Gasteiger partial charge on any atom is -0.491 e. The molecule has 8 atom stereocenters. The summed E-state index contributed by atoms with van der Waals surface area (Å²) < 4.78 is 12.1. The van der Waals surface area contributed by atoms with E-state index < -0.39 is 11.7 Å². The van der Waals surface area contributed by atoms with Gasteiger partial charge in [-0.05, 0) is 98.9 Å². The van der Waals surface area contributed by atoms with Crippen LogP contribution in [0.25, 0.3) is 0 Å². The van der Waals surface area contributed by atoms with Gasteiger partial charge in [0.1, 0.15) is 6.10 Å². The molecule has 35 heavy (non-hydrogen) atoms. The number of ether oxygens (including phenoxy) is 2. The Hall–Kier alpha value is -1.07. The normalized spacial score (nSPS) is 39.9. The van der Waals surface area contributed by atoms with Crippen molar-refractivity contribution in [3.05, 3.63) is 11.3 Å². The molecule has 0 aromatic rings. The van der Waals surface area contributed by atoms with Crippen molar-refractivity contribution in [2.24, 2.45) is 34.5 Å². The summed E-state index contributed by atoms with van der Waals surface area (Å²) in [5, 5.41) is 21.4. The van der Waals surface area contributed by atoms with E-state index in [2.05, 4.69) is 27.7 Å². The summed E-state index contributed by atoms with van der Waals surface area (Å²) in [6.45, 7) is 14.2. The topological polar surface area (TPSA) is 76.0 Å². The number of esters is 1. The van der Waals surface area contributed by atoms with E-state index in [0.29, 0.717) is 23.7 Å². The summed E-state index contributed by atoms with van der Waals surface area (Å²) in [6, 6.07) is 0. The third-order valence-electron chi connectivity index (χ3n) is 10.6. The molecule has 4 aliphatic rings. The highest BCUT2D eigenvalue weighted by atomic mass is 16.6. The second-order valence-corrected chi connectivity index (χ2v) is 13.7. The zero-order valence-corrected chi connectivity index (χ0v) is 23.2. The lowest BCUT2D eigenvalue weighted by molar-refractivity contribution is -0.176. The molecular weight excluding hydrogens is 440 g/mol. The fourth-order valence-corrected chi connectivity index (χ4v) is 8.56. The zero-order chi connectivity index (χ0) is 25.8. The quantitative estimate of drug-likeness (QED) is 0.436. The number of carbonyl (C=O) groups is 1. The first-order valence-electron chi connectivity index (χ1n) is 14.2. The molecule has 0 spiro atoms. The molecule has 5 heteroatoms. The summed E-state index contributed by atoms with van der Waals surface area (Å²) in [4.78, 5) is 11.7. The van der Waals surface area contributed by atoms with E-state index in [1.807, 2.05) is 0 Å². The van der Waals surface area contributed by atoms with Gasteiger partial charge < -0.3 is 19.7 Å². The van der Waals surface area contributed by atoms with Crippen LogP contribution in [0.5, 0.6) is 0 Å². The first-order chi connectivity index (χ1) is 16.2. The molecule has 0 aromatic carbocycles. The maximum atomic E-state index is 11.7. The highest BCUT2D eigenvalue weighted by molar-refractivity contribution is 5.66. The van der Waals surface area contributed by atoms with Gasteiger partial charge in [0.25, 0.3) is 0 Å². The molecule has 0 bridgehead atoms. The van der Waals surface area contributed by atoms with Gasteiger partial charge in [-0.3, -0.25) is 4.79 Å². The standard InChI is InChI=1S/C30H50O5/c1-18-10-15-26(32)28(3,4)21(18)12-11-20-9-8-16-30(7)22-13-14-24(35-25(22)17-23(20)30)27(29(5,6)33)34-19(2)31/h18,20-21,23-24,26-27,32-33H,8-17H2,1-7H3/t18?,20-,21?,23?,24+,26-,27-,30+/m0/s1. The molecule has 3 unspecified atom stereocenters. The fourth-order valence-electron chi connectivity index (χ4n) is 8.56. The van der Waals surface area contributed by atoms with Crippen molar-refractivity contribution < 1.29 is 24.5 Å². The molecule has 1 heterocycles. The van der Waals surface area contributed by atoms with E-state index in [0.717, 1.165) is 37.9 Å². The van der Waals surface area contributed by atoms with Gasteiger partial charge in [-0.15, -0.1) is 0 Å². The molecule has 5 nitrogen and oxygen atoms in total. The number of hydrogen-bond acceptors (Lipinski definition) is 5. The first kappa shape index (κ1) is 27.0. The number of fused-ring (bicyclic) bond motifs is 2. The molecular formula is C30H50O5. The number of carbonyl (C=O) groups excluding carboxylic acids is 1. The van der Waals surface area contributed by atoms with E-state index in [9.17, 15) is 15.0 Å². The van der Waals surface area contributed by atoms with Gasteiger partial charge >= 0.3 is 5.97 Å². The van der Waals surface area contributed by atoms with Crippen LogP contribution in [0, 0.1) is 34.5 Å². The van der Waals surface area contributed by atoms with Crippen molar-refractivity contribution >= 4 is 5.97 Å². The lowest BCUT2D eigenvalue weighted by Crippen LogP contribution is -2.49. The van der Waals surface area contributed by atoms with Crippen LogP contribution in [0.2, 0.25) is 0 Å². The van der Waals surface area contributed by atoms with Crippen LogP contribution in [0.15, 0.2) is 11.3 Å². The molecule has 1 aliphatic heterocycles. The van der Waals surface area contributed by atoms with Crippen LogP contribution in [-0.2, 0) is 14.3 Å². The van der Waals surface area contributed by atoms with E-state index >= 15 is 0 Å². The number of rotatable bonds is 6. The van der Waals surface area contributed by atoms with Gasteiger partial charge in [0.2, 0.25) is 0 Å². The third kappa shape index (κ3) is 5.06. The molecule has 200 valence electrons. The summed E-state index contributed by atoms with van der Waals surface area (Å²) in [5.41, 5.74) is 0.521. The summed E-state index contributed by atoms with van der Waals surface area (Å²) >= 11 is 0. The zero-order valence-electron chi connectivity index (χ0n) is 23.2. The number of allylic oxidation sites excluding steroid dienone is 2. The van der Waals surface area contributed by atoms with E-state index in [-0.39, 0.29) is 29.0 Å². The molecule has 0 amide bonds. The largest absolute Gasteiger partial charge is 0.491 e. The second-order valence-electron chi connectivity index (χ2n) is 13.7. The minimum atomic E-state index is -1.15. The van der Waals surface area contributed by atoms with Gasteiger partial charge in [-0.2, -0.15) is 0 Å². The van der Waals surface area contributed by atoms with Gasteiger partial charge in [0, 0.05) is 13.3 Å². The Balaban J connectivity index is 1.47. The van der Waals surface area contributed by atoms with Crippen LogP contribution in [0.4, 0.5) is 0 Å². The monoisotopic (exact) mass is 490 g/mol. The smallest absolute Gasteiger partial charge is 0.303 e. The van der Waals surface area contributed by atoms with Crippen molar-refractivity contribution in [1.29, 1.82) is 0 Å². The number of aliphatic hydroxyl groups is 2. The van der Waals surface area contributed by atoms with Crippen LogP contribution >= 0.6 is 0 Å². The van der Waals surface area contributed by atoms with E-state index in [1.165, 1.54) is 44.6 Å². The molecule has 4 rings (SSSR count). The molecule has 3 aliphatic carbocycles. The lowest BCUT2D eigenvalue weighted by Gasteiger charge is -2.48. The predicted molar refractivity (Wildman–Crippen MR) is 137 cm³/mol. The first-order valence-corrected chi connectivity index (χ1v) is 14.2. The van der Waals surface area contributed by atoms with Crippen LogP contribution in [0.1, 0.15) is 113 Å². The summed E-state index contributed by atoms with van der Waals surface area (Å²) in [7, 11) is 0. The van der Waals surface area contributed by atoms with Crippen molar-refractivity contribution in [3.63, 3.8) is 0 Å². The average Bonchev–Trinajstić information content (AvgIpc) is 3.06. The van der Waals surface area contributed by atoms with Crippen molar-refractivity contribution in [1.82, 2.24) is 0 Å². The lowest BCUT2D eigenvalue weighted by atomic mass is 9.57. The molecule has 0 radical (unpaired) electrons. The third-order valence-corrected chi connectivity index (χ3v) is 10.6. The molecule has 2 fully saturated rings. The maximum Gasteiger partial charge on any atom is 0.303 e. The number of aliphatic hydroxyl groups excluding tert-OH is 1. The minimum absolute atomic E-state index is 0.0119. The van der Waals surface area contributed by atoms with E-state index in [1.54, 1.807) is 13.8 Å². The Morgan fingerprint density at radius 2 is 1.89 bits per heavy atom. The predicted octanol–water partition coefficient (Wildman–Crippen LogP) is 6.16.